The minimum absolute atomic E-state index is 0.133. The first-order valence-electron chi connectivity index (χ1n) is 6.79. The molecule has 20 heavy (non-hydrogen) atoms. The summed E-state index contributed by atoms with van der Waals surface area (Å²) in [6.45, 7) is 2.55. The van der Waals surface area contributed by atoms with E-state index in [1.54, 1.807) is 24.1 Å². The number of para-hydroxylation sites is 1. The SMILES string of the molecule is CN(CC1CCCNC1)C(=O)c1ccccc1[N+](=O)[O-]. The van der Waals surface area contributed by atoms with Crippen molar-refractivity contribution in [3.8, 4) is 0 Å². The molecule has 1 fully saturated rings. The van der Waals surface area contributed by atoms with Crippen LogP contribution in [0.15, 0.2) is 24.3 Å². The summed E-state index contributed by atoms with van der Waals surface area (Å²) < 4.78 is 0. The second-order valence-electron chi connectivity index (χ2n) is 5.17. The molecule has 1 N–H and O–H groups in total. The van der Waals surface area contributed by atoms with E-state index in [1.807, 2.05) is 0 Å². The minimum atomic E-state index is -0.511. The molecule has 1 heterocycles. The minimum Gasteiger partial charge on any atom is -0.341 e. The van der Waals surface area contributed by atoms with Crippen LogP contribution in [0.25, 0.3) is 0 Å². The zero-order chi connectivity index (χ0) is 14.5. The predicted molar refractivity (Wildman–Crippen MR) is 75.7 cm³/mol. The molecule has 1 amide bonds. The van der Waals surface area contributed by atoms with E-state index in [2.05, 4.69) is 5.32 Å². The van der Waals surface area contributed by atoms with Crippen molar-refractivity contribution in [3.63, 3.8) is 0 Å². The van der Waals surface area contributed by atoms with Crippen LogP contribution < -0.4 is 5.32 Å². The van der Waals surface area contributed by atoms with Gasteiger partial charge in [-0.3, -0.25) is 14.9 Å². The van der Waals surface area contributed by atoms with Crippen molar-refractivity contribution in [2.75, 3.05) is 26.7 Å². The summed E-state index contributed by atoms with van der Waals surface area (Å²) in [5.74, 6) is 0.128. The Labute approximate surface area is 117 Å². The van der Waals surface area contributed by atoms with E-state index in [0.29, 0.717) is 12.5 Å². The fourth-order valence-corrected chi connectivity index (χ4v) is 2.57. The highest BCUT2D eigenvalue weighted by Gasteiger charge is 2.24. The van der Waals surface area contributed by atoms with E-state index in [-0.39, 0.29) is 17.2 Å². The molecular weight excluding hydrogens is 258 g/mol. The molecule has 1 atom stereocenters. The van der Waals surface area contributed by atoms with E-state index in [0.717, 1.165) is 25.9 Å². The monoisotopic (exact) mass is 277 g/mol. The van der Waals surface area contributed by atoms with Crippen LogP contribution in [0.1, 0.15) is 23.2 Å². The summed E-state index contributed by atoms with van der Waals surface area (Å²) in [7, 11) is 1.70. The molecule has 1 unspecified atom stereocenters. The average Bonchev–Trinajstić information content (AvgIpc) is 2.47. The molecule has 1 saturated heterocycles. The molecule has 6 heteroatoms. The number of benzene rings is 1. The van der Waals surface area contributed by atoms with Crippen molar-refractivity contribution in [1.82, 2.24) is 10.2 Å². The number of nitro groups is 1. The highest BCUT2D eigenvalue weighted by molar-refractivity contribution is 5.97. The maximum Gasteiger partial charge on any atom is 0.282 e. The summed E-state index contributed by atoms with van der Waals surface area (Å²) in [4.78, 5) is 24.4. The Bertz CT molecular complexity index is 498. The first kappa shape index (κ1) is 14.5. The molecule has 108 valence electrons. The van der Waals surface area contributed by atoms with Gasteiger partial charge in [-0.2, -0.15) is 0 Å². The first-order chi connectivity index (χ1) is 9.59. The maximum absolute atomic E-state index is 12.3. The lowest BCUT2D eigenvalue weighted by Crippen LogP contribution is -2.39. The quantitative estimate of drug-likeness (QED) is 0.671. The van der Waals surface area contributed by atoms with Gasteiger partial charge in [0, 0.05) is 19.7 Å². The molecule has 0 spiro atoms. The normalized spacial score (nSPS) is 18.6. The van der Waals surface area contributed by atoms with Gasteiger partial charge in [-0.25, -0.2) is 0 Å². The number of nitro benzene ring substituents is 1. The highest BCUT2D eigenvalue weighted by Crippen LogP contribution is 2.20. The highest BCUT2D eigenvalue weighted by atomic mass is 16.6. The summed E-state index contributed by atoms with van der Waals surface area (Å²) in [6.07, 6.45) is 2.19. The van der Waals surface area contributed by atoms with Crippen LogP contribution in [-0.4, -0.2) is 42.4 Å². The van der Waals surface area contributed by atoms with Crippen LogP contribution in [0, 0.1) is 16.0 Å². The summed E-state index contributed by atoms with van der Waals surface area (Å²) >= 11 is 0. The zero-order valence-electron chi connectivity index (χ0n) is 11.5. The van der Waals surface area contributed by atoms with Crippen molar-refractivity contribution in [3.05, 3.63) is 39.9 Å². The van der Waals surface area contributed by atoms with Crippen LogP contribution in [0.2, 0.25) is 0 Å². The van der Waals surface area contributed by atoms with Crippen molar-refractivity contribution in [2.45, 2.75) is 12.8 Å². The van der Waals surface area contributed by atoms with E-state index in [9.17, 15) is 14.9 Å². The van der Waals surface area contributed by atoms with Gasteiger partial charge in [0.15, 0.2) is 0 Å². The molecule has 0 saturated carbocycles. The summed E-state index contributed by atoms with van der Waals surface area (Å²) in [5.41, 5.74) is 0.0230. The Morgan fingerprint density at radius 3 is 2.90 bits per heavy atom. The molecule has 1 aromatic rings. The van der Waals surface area contributed by atoms with Gasteiger partial charge in [0.25, 0.3) is 11.6 Å². The van der Waals surface area contributed by atoms with Crippen LogP contribution in [0.4, 0.5) is 5.69 Å². The third kappa shape index (κ3) is 3.33. The molecule has 0 aliphatic carbocycles. The molecule has 0 radical (unpaired) electrons. The van der Waals surface area contributed by atoms with Gasteiger partial charge in [-0.1, -0.05) is 12.1 Å². The van der Waals surface area contributed by atoms with E-state index < -0.39 is 4.92 Å². The molecular formula is C14H19N3O3. The largest absolute Gasteiger partial charge is 0.341 e. The standard InChI is InChI=1S/C14H19N3O3/c1-16(10-11-5-4-8-15-9-11)14(18)12-6-2-3-7-13(12)17(19)20/h2-3,6-7,11,15H,4-5,8-10H2,1H3. The van der Waals surface area contributed by atoms with Crippen LogP contribution in [0.3, 0.4) is 0 Å². The Hall–Kier alpha value is -1.95. The molecule has 2 rings (SSSR count). The number of nitrogens with one attached hydrogen (secondary N) is 1. The van der Waals surface area contributed by atoms with E-state index >= 15 is 0 Å². The molecule has 1 aromatic carbocycles. The van der Waals surface area contributed by atoms with Gasteiger partial charge < -0.3 is 10.2 Å². The molecule has 6 nitrogen and oxygen atoms in total. The molecule has 0 aromatic heterocycles. The predicted octanol–water partition coefficient (Wildman–Crippen LogP) is 1.67. The Balaban J connectivity index is 2.08. The van der Waals surface area contributed by atoms with Crippen molar-refractivity contribution < 1.29 is 9.72 Å². The number of piperidine rings is 1. The Morgan fingerprint density at radius 2 is 2.25 bits per heavy atom. The molecule has 1 aliphatic heterocycles. The van der Waals surface area contributed by atoms with Gasteiger partial charge in [0.1, 0.15) is 5.56 Å². The second-order valence-corrected chi connectivity index (χ2v) is 5.17. The number of carbonyl (C=O) groups excluding carboxylic acids is 1. The Kier molecular flexibility index (Phi) is 4.68. The smallest absolute Gasteiger partial charge is 0.282 e. The lowest BCUT2D eigenvalue weighted by molar-refractivity contribution is -0.385. The van der Waals surface area contributed by atoms with E-state index in [1.165, 1.54) is 12.1 Å². The van der Waals surface area contributed by atoms with Crippen LogP contribution >= 0.6 is 0 Å². The second kappa shape index (κ2) is 6.47. The number of hydrogen-bond donors (Lipinski definition) is 1. The Morgan fingerprint density at radius 1 is 1.50 bits per heavy atom. The average molecular weight is 277 g/mol. The number of amides is 1. The van der Waals surface area contributed by atoms with Crippen molar-refractivity contribution >= 4 is 11.6 Å². The van der Waals surface area contributed by atoms with Crippen molar-refractivity contribution in [1.29, 1.82) is 0 Å². The van der Waals surface area contributed by atoms with Gasteiger partial charge in [0.2, 0.25) is 0 Å². The third-order valence-electron chi connectivity index (χ3n) is 3.61. The fourth-order valence-electron chi connectivity index (χ4n) is 2.57. The number of nitrogens with zero attached hydrogens (tertiary/aromatic N) is 2. The fraction of sp³-hybridized carbons (Fsp3) is 0.500. The van der Waals surface area contributed by atoms with Gasteiger partial charge in [0.05, 0.1) is 4.92 Å². The third-order valence-corrected chi connectivity index (χ3v) is 3.61. The van der Waals surface area contributed by atoms with Crippen LogP contribution in [0.5, 0.6) is 0 Å². The van der Waals surface area contributed by atoms with Gasteiger partial charge >= 0.3 is 0 Å². The lowest BCUT2D eigenvalue weighted by atomic mass is 9.99. The molecule has 0 bridgehead atoms. The van der Waals surface area contributed by atoms with Crippen LogP contribution in [-0.2, 0) is 0 Å². The summed E-state index contributed by atoms with van der Waals surface area (Å²) in [5, 5.41) is 14.3. The van der Waals surface area contributed by atoms with Gasteiger partial charge in [-0.05, 0) is 37.9 Å². The summed E-state index contributed by atoms with van der Waals surface area (Å²) in [6, 6.07) is 6.09. The first-order valence-corrected chi connectivity index (χ1v) is 6.79. The van der Waals surface area contributed by atoms with Crippen molar-refractivity contribution in [2.24, 2.45) is 5.92 Å². The van der Waals surface area contributed by atoms with Gasteiger partial charge in [-0.15, -0.1) is 0 Å². The van der Waals surface area contributed by atoms with E-state index in [4.69, 9.17) is 0 Å². The number of hydrogen-bond acceptors (Lipinski definition) is 4. The molecule has 1 aliphatic rings. The topological polar surface area (TPSA) is 75.5 Å². The zero-order valence-corrected chi connectivity index (χ0v) is 11.5. The maximum atomic E-state index is 12.3. The lowest BCUT2D eigenvalue weighted by Gasteiger charge is -2.27. The number of rotatable bonds is 4. The number of carbonyl (C=O) groups is 1.